The van der Waals surface area contributed by atoms with E-state index in [0.29, 0.717) is 31.7 Å². The molecule has 1 fully saturated rings. The lowest BCUT2D eigenvalue weighted by atomic mass is 10.1. The molecule has 1 aromatic rings. The number of aromatic nitrogens is 1. The van der Waals surface area contributed by atoms with Crippen LogP contribution in [0, 0.1) is 6.92 Å². The van der Waals surface area contributed by atoms with E-state index in [1.807, 2.05) is 13.0 Å². The molecule has 0 aliphatic carbocycles. The summed E-state index contributed by atoms with van der Waals surface area (Å²) in [4.78, 5) is 32.2. The highest BCUT2D eigenvalue weighted by Gasteiger charge is 2.28. The topological polar surface area (TPSA) is 123 Å². The average Bonchev–Trinajstić information content (AvgIpc) is 2.69. The molecule has 162 valence electrons. The Labute approximate surface area is 170 Å². The highest BCUT2D eigenvalue weighted by molar-refractivity contribution is 5.92. The van der Waals surface area contributed by atoms with Gasteiger partial charge >= 0.3 is 0 Å². The average molecular weight is 409 g/mol. The van der Waals surface area contributed by atoms with E-state index in [9.17, 15) is 24.9 Å². The maximum atomic E-state index is 12.9. The van der Waals surface area contributed by atoms with Crippen LogP contribution in [0.15, 0.2) is 18.2 Å². The van der Waals surface area contributed by atoms with Gasteiger partial charge in [-0.2, -0.15) is 0 Å². The van der Waals surface area contributed by atoms with Crippen LogP contribution in [0.2, 0.25) is 0 Å². The Kier molecular flexibility index (Phi) is 8.97. The van der Waals surface area contributed by atoms with Crippen molar-refractivity contribution in [3.05, 3.63) is 29.6 Å². The van der Waals surface area contributed by atoms with Gasteiger partial charge in [0.25, 0.3) is 5.91 Å². The second-order valence-corrected chi connectivity index (χ2v) is 7.33. The van der Waals surface area contributed by atoms with Crippen molar-refractivity contribution in [2.24, 2.45) is 0 Å². The molecule has 2 rings (SSSR count). The number of amides is 2. The van der Waals surface area contributed by atoms with Crippen LogP contribution in [0.5, 0.6) is 0 Å². The van der Waals surface area contributed by atoms with E-state index < -0.39 is 18.3 Å². The number of carbonyl (C=O) groups excluding carboxylic acids is 2. The number of hydrogen-bond donors (Lipinski definition) is 3. The minimum atomic E-state index is -1.44. The Morgan fingerprint density at radius 2 is 1.79 bits per heavy atom. The van der Waals surface area contributed by atoms with Crippen molar-refractivity contribution in [3.8, 4) is 0 Å². The Balaban J connectivity index is 2.15. The van der Waals surface area contributed by atoms with Crippen LogP contribution in [-0.4, -0.2) is 99.6 Å². The zero-order valence-corrected chi connectivity index (χ0v) is 17.0. The normalized spacial score (nSPS) is 25.3. The number of pyridine rings is 1. The molecule has 1 saturated heterocycles. The van der Waals surface area contributed by atoms with Gasteiger partial charge in [0.15, 0.2) is 0 Å². The number of β-amino-alcohol motifs (C(OH)–C–C–N with tert-alkyl or cyclic N) is 1. The van der Waals surface area contributed by atoms with Crippen LogP contribution in [0.25, 0.3) is 0 Å². The minimum Gasteiger partial charge on any atom is -0.388 e. The van der Waals surface area contributed by atoms with Gasteiger partial charge < -0.3 is 29.9 Å². The SMILES string of the molecule is CC(=O)N1CCN(C(=O)c2cccc(C)n2)CCCCOC[C@@H](O)[C@H](O)[C@@H](O)C1. The summed E-state index contributed by atoms with van der Waals surface area (Å²) < 4.78 is 5.36. The summed E-state index contributed by atoms with van der Waals surface area (Å²) >= 11 is 0. The van der Waals surface area contributed by atoms with Crippen LogP contribution in [0.4, 0.5) is 0 Å². The van der Waals surface area contributed by atoms with Crippen molar-refractivity contribution in [3.63, 3.8) is 0 Å². The van der Waals surface area contributed by atoms with Crippen molar-refractivity contribution < 1.29 is 29.6 Å². The number of nitrogens with zero attached hydrogens (tertiary/aromatic N) is 3. The van der Waals surface area contributed by atoms with Crippen LogP contribution in [-0.2, 0) is 9.53 Å². The molecule has 2 heterocycles. The summed E-state index contributed by atoms with van der Waals surface area (Å²) in [5.41, 5.74) is 1.09. The molecule has 9 nitrogen and oxygen atoms in total. The maximum absolute atomic E-state index is 12.9. The minimum absolute atomic E-state index is 0.117. The summed E-state index contributed by atoms with van der Waals surface area (Å²) in [5.74, 6) is -0.517. The highest BCUT2D eigenvalue weighted by Crippen LogP contribution is 2.10. The zero-order chi connectivity index (χ0) is 21.4. The first-order chi connectivity index (χ1) is 13.8. The molecule has 0 unspecified atom stereocenters. The fourth-order valence-corrected chi connectivity index (χ4v) is 3.16. The quantitative estimate of drug-likeness (QED) is 0.575. The predicted molar refractivity (Wildman–Crippen MR) is 105 cm³/mol. The van der Waals surface area contributed by atoms with Crippen molar-refractivity contribution in [1.29, 1.82) is 0 Å². The van der Waals surface area contributed by atoms with E-state index in [2.05, 4.69) is 4.98 Å². The largest absolute Gasteiger partial charge is 0.388 e. The van der Waals surface area contributed by atoms with Gasteiger partial charge in [0.2, 0.25) is 5.91 Å². The summed E-state index contributed by atoms with van der Waals surface area (Å²) in [7, 11) is 0. The zero-order valence-electron chi connectivity index (χ0n) is 17.0. The molecule has 9 heteroatoms. The Bertz CT molecular complexity index is 686. The third kappa shape index (κ3) is 7.04. The monoisotopic (exact) mass is 409 g/mol. The van der Waals surface area contributed by atoms with Crippen LogP contribution >= 0.6 is 0 Å². The number of aliphatic hydroxyl groups is 3. The van der Waals surface area contributed by atoms with Gasteiger partial charge in [-0.25, -0.2) is 4.98 Å². The van der Waals surface area contributed by atoms with Gasteiger partial charge in [-0.15, -0.1) is 0 Å². The number of rotatable bonds is 1. The lowest BCUT2D eigenvalue weighted by Crippen LogP contribution is -2.49. The van der Waals surface area contributed by atoms with Gasteiger partial charge in [-0.3, -0.25) is 9.59 Å². The summed E-state index contributed by atoms with van der Waals surface area (Å²) in [5, 5.41) is 30.2. The van der Waals surface area contributed by atoms with Crippen LogP contribution < -0.4 is 0 Å². The van der Waals surface area contributed by atoms with Crippen LogP contribution in [0.3, 0.4) is 0 Å². The maximum Gasteiger partial charge on any atom is 0.272 e. The predicted octanol–water partition coefficient (Wildman–Crippen LogP) is -0.426. The first-order valence-corrected chi connectivity index (χ1v) is 9.90. The molecule has 3 atom stereocenters. The first-order valence-electron chi connectivity index (χ1n) is 9.90. The number of aliphatic hydroxyl groups excluding tert-OH is 3. The number of ether oxygens (including phenoxy) is 1. The second kappa shape index (κ2) is 11.2. The molecule has 29 heavy (non-hydrogen) atoms. The fraction of sp³-hybridized carbons (Fsp3) is 0.650. The van der Waals surface area contributed by atoms with E-state index in [-0.39, 0.29) is 38.1 Å². The number of hydrogen-bond acceptors (Lipinski definition) is 7. The third-order valence-electron chi connectivity index (χ3n) is 4.93. The van der Waals surface area contributed by atoms with E-state index in [0.717, 1.165) is 5.69 Å². The second-order valence-electron chi connectivity index (χ2n) is 7.33. The lowest BCUT2D eigenvalue weighted by Gasteiger charge is -2.31. The fourth-order valence-electron chi connectivity index (χ4n) is 3.16. The van der Waals surface area contributed by atoms with Gasteiger partial charge in [0.1, 0.15) is 24.0 Å². The molecule has 2 amide bonds. The first kappa shape index (κ1) is 23.2. The Morgan fingerprint density at radius 1 is 1.07 bits per heavy atom. The molecular formula is C20H31N3O6. The Morgan fingerprint density at radius 3 is 2.48 bits per heavy atom. The van der Waals surface area contributed by atoms with Gasteiger partial charge in [0, 0.05) is 45.4 Å². The molecule has 0 saturated carbocycles. The molecular weight excluding hydrogens is 378 g/mol. The molecule has 1 aliphatic heterocycles. The van der Waals surface area contributed by atoms with Crippen LogP contribution in [0.1, 0.15) is 35.9 Å². The number of carbonyl (C=O) groups is 2. The third-order valence-corrected chi connectivity index (χ3v) is 4.93. The van der Waals surface area contributed by atoms with Crippen molar-refractivity contribution in [2.75, 3.05) is 39.4 Å². The molecule has 1 aliphatic rings. The molecule has 0 radical (unpaired) electrons. The van der Waals surface area contributed by atoms with Crippen molar-refractivity contribution >= 4 is 11.8 Å². The lowest BCUT2D eigenvalue weighted by molar-refractivity contribution is -0.134. The van der Waals surface area contributed by atoms with E-state index in [1.165, 1.54) is 11.8 Å². The summed E-state index contributed by atoms with van der Waals surface area (Å²) in [6, 6.07) is 5.25. The number of aryl methyl sites for hydroxylation is 1. The molecule has 1 aromatic heterocycles. The van der Waals surface area contributed by atoms with Crippen molar-refractivity contribution in [1.82, 2.24) is 14.8 Å². The Hall–Kier alpha value is -2.07. The molecule has 0 aromatic carbocycles. The highest BCUT2D eigenvalue weighted by atomic mass is 16.5. The van der Waals surface area contributed by atoms with Crippen molar-refractivity contribution in [2.45, 2.75) is 45.0 Å². The van der Waals surface area contributed by atoms with E-state index in [1.54, 1.807) is 17.0 Å². The van der Waals surface area contributed by atoms with Gasteiger partial charge in [-0.05, 0) is 31.9 Å². The molecule has 0 bridgehead atoms. The molecule has 3 N–H and O–H groups in total. The van der Waals surface area contributed by atoms with E-state index >= 15 is 0 Å². The van der Waals surface area contributed by atoms with E-state index in [4.69, 9.17) is 4.74 Å². The van der Waals surface area contributed by atoms with Gasteiger partial charge in [-0.1, -0.05) is 6.07 Å². The summed E-state index contributed by atoms with van der Waals surface area (Å²) in [6.45, 7) is 4.20. The van der Waals surface area contributed by atoms with Gasteiger partial charge in [0.05, 0.1) is 6.61 Å². The smallest absolute Gasteiger partial charge is 0.272 e. The molecule has 0 spiro atoms. The standard InChI is InChI=1S/C20H31N3O6/c1-14-6-5-7-16(21-14)20(28)22-8-3-4-11-29-13-18(26)19(27)17(25)12-23(10-9-22)15(2)24/h5-7,17-19,25-27H,3-4,8-13H2,1-2H3/t17-,18+,19+/m0/s1. The summed E-state index contributed by atoms with van der Waals surface area (Å²) in [6.07, 6.45) is -2.67.